The van der Waals surface area contributed by atoms with Crippen LogP contribution in [-0.2, 0) is 4.79 Å². The second kappa shape index (κ2) is 7.10. The van der Waals surface area contributed by atoms with E-state index in [0.717, 1.165) is 38.8 Å². The molecule has 0 spiro atoms. The minimum absolute atomic E-state index is 0.0692. The molecule has 4 nitrogen and oxygen atoms in total. The second-order valence-corrected chi connectivity index (χ2v) is 6.41. The minimum atomic E-state index is -0.118. The molecule has 0 aromatic rings. The molecule has 0 saturated heterocycles. The van der Waals surface area contributed by atoms with Crippen molar-refractivity contribution < 1.29 is 9.90 Å². The molecule has 0 aliphatic heterocycles. The fraction of sp³-hybridized carbons (Fsp3) is 0.929. The summed E-state index contributed by atoms with van der Waals surface area (Å²) in [6.45, 7) is 7.77. The van der Waals surface area contributed by atoms with E-state index in [1.54, 1.807) is 0 Å². The monoisotopic (exact) mass is 256 g/mol. The van der Waals surface area contributed by atoms with E-state index < -0.39 is 0 Å². The number of carbonyl (C=O) groups is 1. The molecule has 1 fully saturated rings. The van der Waals surface area contributed by atoms with Gasteiger partial charge in [0, 0.05) is 25.0 Å². The molecule has 3 N–H and O–H groups in total. The summed E-state index contributed by atoms with van der Waals surface area (Å²) in [6.07, 6.45) is 4.24. The Bertz CT molecular complexity index is 253. The predicted molar refractivity (Wildman–Crippen MR) is 73.3 cm³/mol. The molecule has 1 aliphatic rings. The minimum Gasteiger partial charge on any atom is -0.393 e. The van der Waals surface area contributed by atoms with E-state index in [1.807, 2.05) is 0 Å². The van der Waals surface area contributed by atoms with Gasteiger partial charge in [-0.25, -0.2) is 0 Å². The number of nitrogens with one attached hydrogen (secondary N) is 2. The Hall–Kier alpha value is -0.610. The summed E-state index contributed by atoms with van der Waals surface area (Å²) in [5.41, 5.74) is 0.0692. The van der Waals surface area contributed by atoms with Crippen LogP contribution in [0.1, 0.15) is 52.9 Å². The van der Waals surface area contributed by atoms with E-state index in [1.165, 1.54) is 0 Å². The first-order chi connectivity index (χ1) is 8.37. The van der Waals surface area contributed by atoms with Crippen molar-refractivity contribution in [2.45, 2.75) is 64.5 Å². The molecule has 18 heavy (non-hydrogen) atoms. The van der Waals surface area contributed by atoms with Crippen molar-refractivity contribution in [1.29, 1.82) is 0 Å². The Labute approximate surface area is 111 Å². The smallest absolute Gasteiger partial charge is 0.221 e. The number of hydrogen-bond donors (Lipinski definition) is 3. The Morgan fingerprint density at radius 3 is 2.39 bits per heavy atom. The van der Waals surface area contributed by atoms with Gasteiger partial charge >= 0.3 is 0 Å². The lowest BCUT2D eigenvalue weighted by atomic mass is 9.87. The summed E-state index contributed by atoms with van der Waals surface area (Å²) in [6, 6.07) is 0. The van der Waals surface area contributed by atoms with Gasteiger partial charge in [-0.15, -0.1) is 0 Å². The normalized spacial score (nSPS) is 24.9. The fourth-order valence-electron chi connectivity index (χ4n) is 2.25. The largest absolute Gasteiger partial charge is 0.393 e. The van der Waals surface area contributed by atoms with E-state index >= 15 is 0 Å². The SMILES string of the molecule is CC(C)(C)NCCC(=O)NCC1CCC(O)CC1. The topological polar surface area (TPSA) is 61.4 Å². The van der Waals surface area contributed by atoms with Crippen molar-refractivity contribution in [2.24, 2.45) is 5.92 Å². The maximum Gasteiger partial charge on any atom is 0.221 e. The van der Waals surface area contributed by atoms with Crippen LogP contribution >= 0.6 is 0 Å². The molecule has 1 amide bonds. The van der Waals surface area contributed by atoms with E-state index in [0.29, 0.717) is 12.3 Å². The third-order valence-corrected chi connectivity index (χ3v) is 3.41. The second-order valence-electron chi connectivity index (χ2n) is 6.41. The van der Waals surface area contributed by atoms with Crippen LogP contribution in [0, 0.1) is 5.92 Å². The first-order valence-corrected chi connectivity index (χ1v) is 7.06. The van der Waals surface area contributed by atoms with Crippen molar-refractivity contribution >= 4 is 5.91 Å². The number of hydrogen-bond acceptors (Lipinski definition) is 3. The molecule has 0 aromatic heterocycles. The summed E-state index contributed by atoms with van der Waals surface area (Å²) >= 11 is 0. The summed E-state index contributed by atoms with van der Waals surface area (Å²) < 4.78 is 0. The van der Waals surface area contributed by atoms with Gasteiger partial charge in [0.1, 0.15) is 0 Å². The molecule has 0 aromatic carbocycles. The first kappa shape index (κ1) is 15.4. The summed E-state index contributed by atoms with van der Waals surface area (Å²) in [7, 11) is 0. The standard InChI is InChI=1S/C14H28N2O2/c1-14(2,3)16-9-8-13(18)15-10-11-4-6-12(17)7-5-11/h11-12,16-17H,4-10H2,1-3H3,(H,15,18). The molecular weight excluding hydrogens is 228 g/mol. The van der Waals surface area contributed by atoms with Gasteiger partial charge in [-0.1, -0.05) is 0 Å². The molecule has 1 rings (SSSR count). The summed E-state index contributed by atoms with van der Waals surface area (Å²) in [4.78, 5) is 11.6. The van der Waals surface area contributed by atoms with Crippen molar-refractivity contribution in [3.05, 3.63) is 0 Å². The van der Waals surface area contributed by atoms with Gasteiger partial charge in [0.25, 0.3) is 0 Å². The summed E-state index contributed by atoms with van der Waals surface area (Å²) in [5.74, 6) is 0.672. The number of carbonyl (C=O) groups excluding carboxylic acids is 1. The number of aliphatic hydroxyl groups is 1. The Balaban J connectivity index is 2.06. The Morgan fingerprint density at radius 2 is 1.83 bits per heavy atom. The fourth-order valence-corrected chi connectivity index (χ4v) is 2.25. The van der Waals surface area contributed by atoms with Crippen molar-refractivity contribution in [1.82, 2.24) is 10.6 Å². The van der Waals surface area contributed by atoms with Crippen LogP contribution in [0.4, 0.5) is 0 Å². The highest BCUT2D eigenvalue weighted by molar-refractivity contribution is 5.76. The quantitative estimate of drug-likeness (QED) is 0.697. The lowest BCUT2D eigenvalue weighted by Gasteiger charge is -2.25. The highest BCUT2D eigenvalue weighted by atomic mass is 16.3. The lowest BCUT2D eigenvalue weighted by Crippen LogP contribution is -2.39. The van der Waals surface area contributed by atoms with Crippen LogP contribution in [0.25, 0.3) is 0 Å². The van der Waals surface area contributed by atoms with Crippen molar-refractivity contribution in [3.8, 4) is 0 Å². The Morgan fingerprint density at radius 1 is 1.22 bits per heavy atom. The van der Waals surface area contributed by atoms with Crippen LogP contribution in [-0.4, -0.2) is 35.7 Å². The van der Waals surface area contributed by atoms with Gasteiger partial charge in [-0.3, -0.25) is 4.79 Å². The average Bonchev–Trinajstić information content (AvgIpc) is 2.26. The highest BCUT2D eigenvalue weighted by Crippen LogP contribution is 2.23. The molecule has 106 valence electrons. The molecule has 0 heterocycles. The van der Waals surface area contributed by atoms with Crippen molar-refractivity contribution in [3.63, 3.8) is 0 Å². The van der Waals surface area contributed by atoms with Gasteiger partial charge in [0.05, 0.1) is 6.10 Å². The van der Waals surface area contributed by atoms with Gasteiger partial charge in [-0.05, 0) is 52.4 Å². The van der Waals surface area contributed by atoms with Crippen LogP contribution in [0.3, 0.4) is 0 Å². The molecule has 4 heteroatoms. The Kier molecular flexibility index (Phi) is 6.09. The van der Waals surface area contributed by atoms with E-state index in [2.05, 4.69) is 31.4 Å². The zero-order chi connectivity index (χ0) is 13.6. The molecule has 1 saturated carbocycles. The number of aliphatic hydroxyl groups excluding tert-OH is 1. The van der Waals surface area contributed by atoms with Crippen LogP contribution in [0.2, 0.25) is 0 Å². The van der Waals surface area contributed by atoms with Gasteiger partial charge < -0.3 is 15.7 Å². The van der Waals surface area contributed by atoms with Gasteiger partial charge in [0.2, 0.25) is 5.91 Å². The molecular formula is C14H28N2O2. The number of amides is 1. The highest BCUT2D eigenvalue weighted by Gasteiger charge is 2.19. The zero-order valence-electron chi connectivity index (χ0n) is 12.0. The van der Waals surface area contributed by atoms with Crippen LogP contribution in [0.15, 0.2) is 0 Å². The van der Waals surface area contributed by atoms with Crippen LogP contribution < -0.4 is 10.6 Å². The van der Waals surface area contributed by atoms with Gasteiger partial charge in [-0.2, -0.15) is 0 Å². The third kappa shape index (κ3) is 6.97. The lowest BCUT2D eigenvalue weighted by molar-refractivity contribution is -0.121. The summed E-state index contributed by atoms with van der Waals surface area (Å²) in [5, 5.41) is 15.7. The molecule has 0 unspecified atom stereocenters. The van der Waals surface area contributed by atoms with Crippen molar-refractivity contribution in [2.75, 3.05) is 13.1 Å². The first-order valence-electron chi connectivity index (χ1n) is 7.06. The molecule has 0 bridgehead atoms. The van der Waals surface area contributed by atoms with E-state index in [-0.39, 0.29) is 17.6 Å². The molecule has 0 radical (unpaired) electrons. The van der Waals surface area contributed by atoms with E-state index in [4.69, 9.17) is 0 Å². The predicted octanol–water partition coefficient (Wildman–Crippen LogP) is 1.43. The number of rotatable bonds is 5. The van der Waals surface area contributed by atoms with Crippen LogP contribution in [0.5, 0.6) is 0 Å². The average molecular weight is 256 g/mol. The maximum absolute atomic E-state index is 11.6. The molecule has 1 aliphatic carbocycles. The van der Waals surface area contributed by atoms with Gasteiger partial charge in [0.15, 0.2) is 0 Å². The zero-order valence-corrected chi connectivity index (χ0v) is 12.0. The molecule has 0 atom stereocenters. The maximum atomic E-state index is 11.6. The van der Waals surface area contributed by atoms with E-state index in [9.17, 15) is 9.90 Å². The third-order valence-electron chi connectivity index (χ3n) is 3.41.